The molecule has 3 rings (SSSR count). The molecule has 1 amide bonds. The molecule has 1 unspecified atom stereocenters. The summed E-state index contributed by atoms with van der Waals surface area (Å²) in [6.07, 6.45) is 0.959. The standard InChI is InChI=1S/C17H16N4O3/c1-23-15(12-7-3-2-4-8-12)17(22)19-11-14-20-16(21-24-14)13-9-5-6-10-18-13/h2-10,15H,11H2,1H3,(H,19,22). The zero-order valence-electron chi connectivity index (χ0n) is 13.0. The van der Waals surface area contributed by atoms with Crippen LogP contribution in [0.1, 0.15) is 17.6 Å². The Labute approximate surface area is 138 Å². The van der Waals surface area contributed by atoms with E-state index in [9.17, 15) is 4.79 Å². The Kier molecular flexibility index (Phi) is 4.93. The molecule has 0 radical (unpaired) electrons. The average molecular weight is 324 g/mol. The molecule has 0 aliphatic rings. The SMILES string of the molecule is COC(C(=O)NCc1nc(-c2ccccn2)no1)c1ccccc1. The zero-order valence-corrected chi connectivity index (χ0v) is 13.0. The van der Waals surface area contributed by atoms with Crippen molar-refractivity contribution in [1.29, 1.82) is 0 Å². The summed E-state index contributed by atoms with van der Waals surface area (Å²) in [5.74, 6) is 0.402. The summed E-state index contributed by atoms with van der Waals surface area (Å²) in [7, 11) is 1.49. The average Bonchev–Trinajstić information content (AvgIpc) is 3.11. The van der Waals surface area contributed by atoms with Gasteiger partial charge in [-0.1, -0.05) is 41.6 Å². The fraction of sp³-hybridized carbons (Fsp3) is 0.176. The topological polar surface area (TPSA) is 90.1 Å². The lowest BCUT2D eigenvalue weighted by Crippen LogP contribution is -2.30. The quantitative estimate of drug-likeness (QED) is 0.747. The van der Waals surface area contributed by atoms with Gasteiger partial charge in [0, 0.05) is 13.3 Å². The molecule has 3 aromatic rings. The molecule has 2 aromatic heterocycles. The van der Waals surface area contributed by atoms with Gasteiger partial charge in [-0.2, -0.15) is 4.98 Å². The minimum absolute atomic E-state index is 0.116. The molecule has 0 fully saturated rings. The van der Waals surface area contributed by atoms with Gasteiger partial charge < -0.3 is 14.6 Å². The Balaban J connectivity index is 1.63. The van der Waals surface area contributed by atoms with Gasteiger partial charge in [-0.15, -0.1) is 0 Å². The van der Waals surface area contributed by atoms with Crippen molar-refractivity contribution < 1.29 is 14.1 Å². The third-order valence-corrected chi connectivity index (χ3v) is 3.35. The van der Waals surface area contributed by atoms with Gasteiger partial charge in [0.15, 0.2) is 6.10 Å². The van der Waals surface area contributed by atoms with Gasteiger partial charge >= 0.3 is 0 Å². The van der Waals surface area contributed by atoms with E-state index in [2.05, 4.69) is 20.4 Å². The molecule has 0 spiro atoms. The molecule has 7 nitrogen and oxygen atoms in total. The lowest BCUT2D eigenvalue weighted by molar-refractivity contribution is -0.131. The van der Waals surface area contributed by atoms with Crippen molar-refractivity contribution in [2.24, 2.45) is 0 Å². The summed E-state index contributed by atoms with van der Waals surface area (Å²) < 4.78 is 10.4. The highest BCUT2D eigenvalue weighted by molar-refractivity contribution is 5.82. The van der Waals surface area contributed by atoms with Crippen LogP contribution >= 0.6 is 0 Å². The molecule has 122 valence electrons. The maximum absolute atomic E-state index is 12.3. The maximum atomic E-state index is 12.3. The molecule has 1 atom stereocenters. The number of benzene rings is 1. The molecule has 0 bridgehead atoms. The van der Waals surface area contributed by atoms with Crippen LogP contribution < -0.4 is 5.32 Å². The van der Waals surface area contributed by atoms with Crippen LogP contribution in [-0.4, -0.2) is 28.1 Å². The first-order chi connectivity index (χ1) is 11.8. The number of pyridine rings is 1. The largest absolute Gasteiger partial charge is 0.367 e. The van der Waals surface area contributed by atoms with Gasteiger partial charge in [-0.3, -0.25) is 9.78 Å². The van der Waals surface area contributed by atoms with Crippen LogP contribution in [0.25, 0.3) is 11.5 Å². The first-order valence-electron chi connectivity index (χ1n) is 7.37. The van der Waals surface area contributed by atoms with Crippen LogP contribution in [0.2, 0.25) is 0 Å². The van der Waals surface area contributed by atoms with Crippen LogP contribution in [0.4, 0.5) is 0 Å². The number of ether oxygens (including phenoxy) is 1. The number of nitrogens with one attached hydrogen (secondary N) is 1. The summed E-state index contributed by atoms with van der Waals surface area (Å²) in [5, 5.41) is 6.59. The Morgan fingerprint density at radius 3 is 2.71 bits per heavy atom. The maximum Gasteiger partial charge on any atom is 0.254 e. The summed E-state index contributed by atoms with van der Waals surface area (Å²) in [6.45, 7) is 0.116. The van der Waals surface area contributed by atoms with Gasteiger partial charge in [0.2, 0.25) is 11.7 Å². The normalized spacial score (nSPS) is 11.9. The van der Waals surface area contributed by atoms with Crippen LogP contribution in [-0.2, 0) is 16.1 Å². The van der Waals surface area contributed by atoms with Gasteiger partial charge in [-0.25, -0.2) is 0 Å². The zero-order chi connectivity index (χ0) is 16.8. The third-order valence-electron chi connectivity index (χ3n) is 3.35. The van der Waals surface area contributed by atoms with Gasteiger partial charge in [-0.05, 0) is 17.7 Å². The molecular weight excluding hydrogens is 308 g/mol. The molecular formula is C17H16N4O3. The van der Waals surface area contributed by atoms with Crippen molar-refractivity contribution in [2.75, 3.05) is 7.11 Å². The number of carbonyl (C=O) groups excluding carboxylic acids is 1. The van der Waals surface area contributed by atoms with E-state index in [0.29, 0.717) is 17.4 Å². The number of hydrogen-bond donors (Lipinski definition) is 1. The van der Waals surface area contributed by atoms with E-state index in [0.717, 1.165) is 5.56 Å². The van der Waals surface area contributed by atoms with E-state index in [1.54, 1.807) is 18.3 Å². The molecule has 7 heteroatoms. The van der Waals surface area contributed by atoms with Gasteiger partial charge in [0.25, 0.3) is 5.91 Å². The highest BCUT2D eigenvalue weighted by atomic mass is 16.5. The monoisotopic (exact) mass is 324 g/mol. The van der Waals surface area contributed by atoms with Crippen molar-refractivity contribution in [3.8, 4) is 11.5 Å². The predicted octanol–water partition coefficient (Wildman–Crippen LogP) is 2.14. The molecule has 1 aromatic carbocycles. The van der Waals surface area contributed by atoms with Crippen LogP contribution in [0, 0.1) is 0 Å². The molecule has 2 heterocycles. The Morgan fingerprint density at radius 2 is 2.00 bits per heavy atom. The highest BCUT2D eigenvalue weighted by Gasteiger charge is 2.20. The Bertz CT molecular complexity index is 790. The van der Waals surface area contributed by atoms with Crippen LogP contribution in [0.3, 0.4) is 0 Å². The van der Waals surface area contributed by atoms with Crippen molar-refractivity contribution in [3.63, 3.8) is 0 Å². The lowest BCUT2D eigenvalue weighted by Gasteiger charge is -2.14. The summed E-state index contributed by atoms with van der Waals surface area (Å²) in [6, 6.07) is 14.7. The van der Waals surface area contributed by atoms with Crippen molar-refractivity contribution in [3.05, 3.63) is 66.2 Å². The molecule has 1 N–H and O–H groups in total. The minimum atomic E-state index is -0.690. The number of aromatic nitrogens is 3. The second kappa shape index (κ2) is 7.47. The number of hydrogen-bond acceptors (Lipinski definition) is 6. The molecule has 24 heavy (non-hydrogen) atoms. The van der Waals surface area contributed by atoms with Crippen LogP contribution in [0.5, 0.6) is 0 Å². The lowest BCUT2D eigenvalue weighted by atomic mass is 10.1. The number of carbonyl (C=O) groups is 1. The number of methoxy groups -OCH3 is 1. The number of amides is 1. The van der Waals surface area contributed by atoms with Crippen molar-refractivity contribution in [1.82, 2.24) is 20.4 Å². The smallest absolute Gasteiger partial charge is 0.254 e. The Hall–Kier alpha value is -3.06. The van der Waals surface area contributed by atoms with Crippen LogP contribution in [0.15, 0.2) is 59.3 Å². The number of rotatable bonds is 6. The van der Waals surface area contributed by atoms with E-state index in [1.807, 2.05) is 36.4 Å². The minimum Gasteiger partial charge on any atom is -0.367 e. The fourth-order valence-electron chi connectivity index (χ4n) is 2.20. The first kappa shape index (κ1) is 15.8. The van der Waals surface area contributed by atoms with Crippen molar-refractivity contribution >= 4 is 5.91 Å². The summed E-state index contributed by atoms with van der Waals surface area (Å²) in [5.41, 5.74) is 1.38. The van der Waals surface area contributed by atoms with E-state index in [1.165, 1.54) is 7.11 Å². The predicted molar refractivity (Wildman–Crippen MR) is 85.6 cm³/mol. The molecule has 0 aliphatic heterocycles. The van der Waals surface area contributed by atoms with Gasteiger partial charge in [0.05, 0.1) is 6.54 Å². The summed E-state index contributed by atoms with van der Waals surface area (Å²) in [4.78, 5) is 20.6. The first-order valence-corrected chi connectivity index (χ1v) is 7.37. The van der Waals surface area contributed by atoms with E-state index in [4.69, 9.17) is 9.26 Å². The molecule has 0 aliphatic carbocycles. The Morgan fingerprint density at radius 1 is 1.21 bits per heavy atom. The van der Waals surface area contributed by atoms with E-state index >= 15 is 0 Å². The second-order valence-electron chi connectivity index (χ2n) is 4.97. The third kappa shape index (κ3) is 3.64. The summed E-state index contributed by atoms with van der Waals surface area (Å²) >= 11 is 0. The van der Waals surface area contributed by atoms with Gasteiger partial charge in [0.1, 0.15) is 5.69 Å². The molecule has 0 saturated heterocycles. The number of nitrogens with zero attached hydrogens (tertiary/aromatic N) is 3. The second-order valence-corrected chi connectivity index (χ2v) is 4.97. The molecule has 0 saturated carbocycles. The fourth-order valence-corrected chi connectivity index (χ4v) is 2.20. The van der Waals surface area contributed by atoms with E-state index in [-0.39, 0.29) is 12.5 Å². The highest BCUT2D eigenvalue weighted by Crippen LogP contribution is 2.16. The van der Waals surface area contributed by atoms with Crippen molar-refractivity contribution in [2.45, 2.75) is 12.6 Å². The van der Waals surface area contributed by atoms with E-state index < -0.39 is 6.10 Å².